The zero-order valence-electron chi connectivity index (χ0n) is 11.4. The second kappa shape index (κ2) is 5.91. The summed E-state index contributed by atoms with van der Waals surface area (Å²) in [7, 11) is 0. The second-order valence-electron chi connectivity index (χ2n) is 4.82. The molecule has 0 aliphatic rings. The van der Waals surface area contributed by atoms with Crippen LogP contribution >= 0.6 is 0 Å². The molecule has 2 N–H and O–H groups in total. The number of halogens is 2. The van der Waals surface area contributed by atoms with Gasteiger partial charge in [-0.1, -0.05) is 0 Å². The van der Waals surface area contributed by atoms with Gasteiger partial charge in [-0.15, -0.1) is 0 Å². The number of hydrogen-bond donors (Lipinski definition) is 2. The summed E-state index contributed by atoms with van der Waals surface area (Å²) in [6.07, 6.45) is -0.166. The van der Waals surface area contributed by atoms with E-state index in [1.54, 1.807) is 6.92 Å². The fraction of sp³-hybridized carbons (Fsp3) is 0.188. The van der Waals surface area contributed by atoms with E-state index in [4.69, 9.17) is 5.11 Å². The molecule has 0 amide bonds. The van der Waals surface area contributed by atoms with Gasteiger partial charge in [0, 0.05) is 12.0 Å². The summed E-state index contributed by atoms with van der Waals surface area (Å²) in [5, 5.41) is 18.5. The molecule has 0 saturated heterocycles. The van der Waals surface area contributed by atoms with E-state index in [9.17, 15) is 18.7 Å². The summed E-state index contributed by atoms with van der Waals surface area (Å²) in [6, 6.07) is 6.44. The first-order chi connectivity index (χ1) is 9.88. The van der Waals surface area contributed by atoms with E-state index >= 15 is 0 Å². The van der Waals surface area contributed by atoms with Crippen LogP contribution in [0.2, 0.25) is 0 Å². The maximum absolute atomic E-state index is 14.0. The third-order valence-corrected chi connectivity index (χ3v) is 3.21. The average Bonchev–Trinajstić information content (AvgIpc) is 2.43. The first kappa shape index (κ1) is 15.0. The van der Waals surface area contributed by atoms with Gasteiger partial charge in [0.05, 0.1) is 0 Å². The van der Waals surface area contributed by atoms with Crippen LogP contribution in [0, 0.1) is 18.6 Å². The Morgan fingerprint density at radius 2 is 1.90 bits per heavy atom. The lowest BCUT2D eigenvalue weighted by atomic mass is 9.97. The van der Waals surface area contributed by atoms with Crippen molar-refractivity contribution < 1.29 is 23.8 Å². The van der Waals surface area contributed by atoms with Crippen molar-refractivity contribution in [2.24, 2.45) is 0 Å². The molecule has 0 radical (unpaired) electrons. The molecule has 0 aromatic heterocycles. The Morgan fingerprint density at radius 3 is 2.57 bits per heavy atom. The van der Waals surface area contributed by atoms with Crippen molar-refractivity contribution in [3.63, 3.8) is 0 Å². The molecule has 5 heteroatoms. The van der Waals surface area contributed by atoms with Crippen molar-refractivity contribution in [2.45, 2.75) is 19.8 Å². The SMILES string of the molecule is Cc1cc(-c2cc(F)ccc2O)cc(CCC(=O)O)c1F. The predicted molar refractivity (Wildman–Crippen MR) is 74.2 cm³/mol. The first-order valence-corrected chi connectivity index (χ1v) is 6.38. The van der Waals surface area contributed by atoms with Gasteiger partial charge in [-0.2, -0.15) is 0 Å². The van der Waals surface area contributed by atoms with E-state index in [1.165, 1.54) is 18.2 Å². The number of aliphatic carboxylic acids is 1. The van der Waals surface area contributed by atoms with Crippen LogP contribution in [0.25, 0.3) is 11.1 Å². The molecule has 0 bridgehead atoms. The molecule has 2 aromatic carbocycles. The number of phenolic OH excluding ortho intramolecular Hbond substituents is 1. The average molecular weight is 292 g/mol. The molecule has 3 nitrogen and oxygen atoms in total. The summed E-state index contributed by atoms with van der Waals surface area (Å²) in [4.78, 5) is 10.6. The summed E-state index contributed by atoms with van der Waals surface area (Å²) in [5.74, 6) is -2.13. The van der Waals surface area contributed by atoms with Crippen LogP contribution in [-0.2, 0) is 11.2 Å². The zero-order valence-corrected chi connectivity index (χ0v) is 11.4. The maximum Gasteiger partial charge on any atom is 0.303 e. The zero-order chi connectivity index (χ0) is 15.6. The number of aromatic hydroxyl groups is 1. The Kier molecular flexibility index (Phi) is 4.21. The van der Waals surface area contributed by atoms with E-state index in [2.05, 4.69) is 0 Å². The van der Waals surface area contributed by atoms with Gasteiger partial charge in [0.1, 0.15) is 17.4 Å². The highest BCUT2D eigenvalue weighted by Gasteiger charge is 2.13. The lowest BCUT2D eigenvalue weighted by Crippen LogP contribution is -2.01. The smallest absolute Gasteiger partial charge is 0.303 e. The molecule has 0 spiro atoms. The van der Waals surface area contributed by atoms with E-state index in [0.717, 1.165) is 12.1 Å². The van der Waals surface area contributed by atoms with Gasteiger partial charge in [-0.05, 0) is 60.4 Å². The number of carboxylic acids is 1. The standard InChI is InChI=1S/C16H14F2O3/c1-9-6-11(13-8-12(17)3-4-14(13)19)7-10(16(9)18)2-5-15(20)21/h3-4,6-8,19H,2,5H2,1H3,(H,20,21). The molecule has 110 valence electrons. The molecule has 0 atom stereocenters. The van der Waals surface area contributed by atoms with Crippen LogP contribution < -0.4 is 0 Å². The molecular formula is C16H14F2O3. The van der Waals surface area contributed by atoms with E-state index in [1.807, 2.05) is 0 Å². The Bertz CT molecular complexity index is 696. The quantitative estimate of drug-likeness (QED) is 0.904. The van der Waals surface area contributed by atoms with Crippen molar-refractivity contribution in [3.05, 3.63) is 53.1 Å². The predicted octanol–water partition coefficient (Wildman–Crippen LogP) is 3.66. The van der Waals surface area contributed by atoms with Gasteiger partial charge < -0.3 is 10.2 Å². The normalized spacial score (nSPS) is 10.6. The molecular weight excluding hydrogens is 278 g/mol. The maximum atomic E-state index is 14.0. The molecule has 0 aliphatic heterocycles. The van der Waals surface area contributed by atoms with Crippen molar-refractivity contribution in [2.75, 3.05) is 0 Å². The third kappa shape index (κ3) is 3.37. The summed E-state index contributed by atoms with van der Waals surface area (Å²) >= 11 is 0. The van der Waals surface area contributed by atoms with Gasteiger partial charge in [0.15, 0.2) is 0 Å². The molecule has 0 fully saturated rings. The highest BCUT2D eigenvalue weighted by atomic mass is 19.1. The third-order valence-electron chi connectivity index (χ3n) is 3.21. The number of hydrogen-bond acceptors (Lipinski definition) is 2. The van der Waals surface area contributed by atoms with Gasteiger partial charge in [0.2, 0.25) is 0 Å². The van der Waals surface area contributed by atoms with E-state index < -0.39 is 17.6 Å². The summed E-state index contributed by atoms with van der Waals surface area (Å²) in [6.45, 7) is 1.54. The lowest BCUT2D eigenvalue weighted by molar-refractivity contribution is -0.136. The van der Waals surface area contributed by atoms with Crippen LogP contribution in [-0.4, -0.2) is 16.2 Å². The lowest BCUT2D eigenvalue weighted by Gasteiger charge is -2.11. The van der Waals surface area contributed by atoms with E-state index in [-0.39, 0.29) is 29.7 Å². The number of phenols is 1. The minimum absolute atomic E-state index is 0.0337. The van der Waals surface area contributed by atoms with Crippen molar-refractivity contribution in [3.8, 4) is 16.9 Å². The number of aryl methyl sites for hydroxylation is 2. The molecule has 0 aliphatic carbocycles. The Labute approximate surface area is 120 Å². The van der Waals surface area contributed by atoms with Gasteiger partial charge in [-0.25, -0.2) is 8.78 Å². The molecule has 0 heterocycles. The summed E-state index contributed by atoms with van der Waals surface area (Å²) < 4.78 is 27.3. The topological polar surface area (TPSA) is 57.5 Å². The summed E-state index contributed by atoms with van der Waals surface area (Å²) in [5.41, 5.74) is 1.24. The first-order valence-electron chi connectivity index (χ1n) is 6.38. The highest BCUT2D eigenvalue weighted by molar-refractivity contribution is 5.72. The monoisotopic (exact) mass is 292 g/mol. The Balaban J connectivity index is 2.49. The minimum atomic E-state index is -1.02. The Morgan fingerprint density at radius 1 is 1.19 bits per heavy atom. The number of carbonyl (C=O) groups is 1. The van der Waals surface area contributed by atoms with Crippen molar-refractivity contribution in [1.82, 2.24) is 0 Å². The van der Waals surface area contributed by atoms with Crippen LogP contribution in [0.3, 0.4) is 0 Å². The highest BCUT2D eigenvalue weighted by Crippen LogP contribution is 2.32. The molecule has 2 aromatic rings. The molecule has 21 heavy (non-hydrogen) atoms. The number of rotatable bonds is 4. The minimum Gasteiger partial charge on any atom is -0.507 e. The van der Waals surface area contributed by atoms with Gasteiger partial charge in [0.25, 0.3) is 0 Å². The molecule has 2 rings (SSSR count). The molecule has 0 saturated carbocycles. The van der Waals surface area contributed by atoms with Crippen LogP contribution in [0.4, 0.5) is 8.78 Å². The van der Waals surface area contributed by atoms with E-state index in [0.29, 0.717) is 11.1 Å². The van der Waals surface area contributed by atoms with Crippen LogP contribution in [0.1, 0.15) is 17.5 Å². The Hall–Kier alpha value is -2.43. The van der Waals surface area contributed by atoms with Crippen LogP contribution in [0.15, 0.2) is 30.3 Å². The second-order valence-corrected chi connectivity index (χ2v) is 4.82. The number of carboxylic acid groups (broad SMARTS) is 1. The fourth-order valence-corrected chi connectivity index (χ4v) is 2.16. The molecule has 0 unspecified atom stereocenters. The largest absolute Gasteiger partial charge is 0.507 e. The van der Waals surface area contributed by atoms with Gasteiger partial charge >= 0.3 is 5.97 Å². The van der Waals surface area contributed by atoms with Crippen molar-refractivity contribution in [1.29, 1.82) is 0 Å². The van der Waals surface area contributed by atoms with Crippen LogP contribution in [0.5, 0.6) is 5.75 Å². The number of benzene rings is 2. The van der Waals surface area contributed by atoms with Crippen molar-refractivity contribution >= 4 is 5.97 Å². The fourth-order valence-electron chi connectivity index (χ4n) is 2.16. The van der Waals surface area contributed by atoms with Gasteiger partial charge in [-0.3, -0.25) is 4.79 Å².